The van der Waals surface area contributed by atoms with E-state index in [1.165, 1.54) is 6.07 Å². The molecule has 0 saturated heterocycles. The first kappa shape index (κ1) is 10.1. The number of aliphatic hydroxyl groups excluding tert-OH is 1. The van der Waals surface area contributed by atoms with Crippen molar-refractivity contribution in [2.24, 2.45) is 5.73 Å². The molecular formula is C11H13FN2O. The molecule has 0 saturated carbocycles. The van der Waals surface area contributed by atoms with Crippen molar-refractivity contribution in [3.63, 3.8) is 0 Å². The minimum absolute atomic E-state index is 0.301. The molecule has 1 atom stereocenters. The molecule has 0 fully saturated rings. The Labute approximate surface area is 86.7 Å². The van der Waals surface area contributed by atoms with Crippen molar-refractivity contribution in [3.05, 3.63) is 35.8 Å². The molecule has 0 radical (unpaired) electrons. The third kappa shape index (κ3) is 1.86. The van der Waals surface area contributed by atoms with E-state index in [1.54, 1.807) is 18.3 Å². The van der Waals surface area contributed by atoms with E-state index in [0.29, 0.717) is 18.5 Å². The van der Waals surface area contributed by atoms with E-state index >= 15 is 0 Å². The van der Waals surface area contributed by atoms with E-state index in [1.807, 2.05) is 0 Å². The highest BCUT2D eigenvalue weighted by Gasteiger charge is 2.13. The molecule has 4 N–H and O–H groups in total. The predicted molar refractivity (Wildman–Crippen MR) is 56.9 cm³/mol. The van der Waals surface area contributed by atoms with Gasteiger partial charge in [-0.15, -0.1) is 0 Å². The average molecular weight is 208 g/mol. The molecule has 4 heteroatoms. The number of fused-ring (bicyclic) bond motifs is 1. The van der Waals surface area contributed by atoms with Gasteiger partial charge in [0.25, 0.3) is 0 Å². The topological polar surface area (TPSA) is 62.0 Å². The van der Waals surface area contributed by atoms with Gasteiger partial charge in [0.05, 0.1) is 6.10 Å². The summed E-state index contributed by atoms with van der Waals surface area (Å²) in [4.78, 5) is 2.98. The molecule has 1 aromatic heterocycles. The summed E-state index contributed by atoms with van der Waals surface area (Å²) in [5.41, 5.74) is 6.44. The van der Waals surface area contributed by atoms with Crippen LogP contribution in [0.25, 0.3) is 10.9 Å². The van der Waals surface area contributed by atoms with E-state index < -0.39 is 6.10 Å². The van der Waals surface area contributed by atoms with Crippen LogP contribution in [0, 0.1) is 5.82 Å². The largest absolute Gasteiger partial charge is 0.388 e. The van der Waals surface area contributed by atoms with Crippen molar-refractivity contribution in [1.29, 1.82) is 0 Å². The Balaban J connectivity index is 2.45. The van der Waals surface area contributed by atoms with Crippen molar-refractivity contribution in [3.8, 4) is 0 Å². The summed E-state index contributed by atoms with van der Waals surface area (Å²) in [6.07, 6.45) is 1.27. The fourth-order valence-corrected chi connectivity index (χ4v) is 1.66. The van der Waals surface area contributed by atoms with Gasteiger partial charge in [0.1, 0.15) is 5.82 Å². The second-order valence-corrected chi connectivity index (χ2v) is 3.53. The maximum absolute atomic E-state index is 13.6. The van der Waals surface area contributed by atoms with E-state index in [-0.39, 0.29) is 5.82 Å². The predicted octanol–water partition coefficient (Wildman–Crippen LogP) is 1.69. The molecule has 1 aromatic carbocycles. The summed E-state index contributed by atoms with van der Waals surface area (Å²) < 4.78 is 13.6. The van der Waals surface area contributed by atoms with Crippen LogP contribution in [0.4, 0.5) is 4.39 Å². The second-order valence-electron chi connectivity index (χ2n) is 3.53. The average Bonchev–Trinajstić information content (AvgIpc) is 2.63. The number of aliphatic hydroxyl groups is 1. The van der Waals surface area contributed by atoms with E-state index in [2.05, 4.69) is 4.98 Å². The van der Waals surface area contributed by atoms with Crippen molar-refractivity contribution in [1.82, 2.24) is 4.98 Å². The molecule has 2 aromatic rings. The number of H-pyrrole nitrogens is 1. The molecule has 0 aliphatic carbocycles. The number of aromatic amines is 1. The Hall–Kier alpha value is -1.39. The SMILES string of the molecule is NCCC(O)c1cc2[nH]ccc2cc1F. The molecule has 0 aliphatic heterocycles. The zero-order chi connectivity index (χ0) is 10.8. The highest BCUT2D eigenvalue weighted by molar-refractivity contribution is 5.80. The number of hydrogen-bond donors (Lipinski definition) is 3. The Morgan fingerprint density at radius 2 is 2.27 bits per heavy atom. The molecule has 15 heavy (non-hydrogen) atoms. The Morgan fingerprint density at radius 3 is 3.00 bits per heavy atom. The molecule has 3 nitrogen and oxygen atoms in total. The normalized spacial score (nSPS) is 13.3. The Morgan fingerprint density at radius 1 is 1.47 bits per heavy atom. The molecule has 2 rings (SSSR count). The first-order valence-electron chi connectivity index (χ1n) is 4.87. The van der Waals surface area contributed by atoms with Crippen molar-refractivity contribution in [2.75, 3.05) is 6.54 Å². The quantitative estimate of drug-likeness (QED) is 0.718. The molecule has 80 valence electrons. The van der Waals surface area contributed by atoms with E-state index in [4.69, 9.17) is 5.73 Å². The number of nitrogens with one attached hydrogen (secondary N) is 1. The summed E-state index contributed by atoms with van der Waals surface area (Å²) in [5, 5.41) is 10.5. The zero-order valence-corrected chi connectivity index (χ0v) is 8.20. The van der Waals surface area contributed by atoms with Crippen LogP contribution in [0.2, 0.25) is 0 Å². The van der Waals surface area contributed by atoms with Gasteiger partial charge >= 0.3 is 0 Å². The number of rotatable bonds is 3. The molecule has 0 amide bonds. The van der Waals surface area contributed by atoms with Gasteiger partial charge in [0, 0.05) is 22.7 Å². The highest BCUT2D eigenvalue weighted by atomic mass is 19.1. The van der Waals surface area contributed by atoms with Gasteiger partial charge in [-0.25, -0.2) is 4.39 Å². The number of nitrogens with two attached hydrogens (primary N) is 1. The summed E-state index contributed by atoms with van der Waals surface area (Å²) in [5.74, 6) is -0.386. The maximum Gasteiger partial charge on any atom is 0.129 e. The lowest BCUT2D eigenvalue weighted by Crippen LogP contribution is -2.08. The summed E-state index contributed by atoms with van der Waals surface area (Å²) in [6.45, 7) is 0.337. The van der Waals surface area contributed by atoms with Gasteiger partial charge in [-0.05, 0) is 31.2 Å². The van der Waals surface area contributed by atoms with Crippen LogP contribution in [0.15, 0.2) is 24.4 Å². The van der Waals surface area contributed by atoms with Crippen molar-refractivity contribution >= 4 is 10.9 Å². The van der Waals surface area contributed by atoms with Crippen LogP contribution in [0.1, 0.15) is 18.1 Å². The Bertz CT molecular complexity index is 467. The Kier molecular flexibility index (Phi) is 2.70. The van der Waals surface area contributed by atoms with Crippen LogP contribution in [0.3, 0.4) is 0 Å². The first-order valence-corrected chi connectivity index (χ1v) is 4.87. The highest BCUT2D eigenvalue weighted by Crippen LogP contribution is 2.24. The van der Waals surface area contributed by atoms with E-state index in [0.717, 1.165) is 10.9 Å². The maximum atomic E-state index is 13.6. The zero-order valence-electron chi connectivity index (χ0n) is 8.20. The number of benzene rings is 1. The number of aromatic nitrogens is 1. The van der Waals surface area contributed by atoms with Gasteiger partial charge < -0.3 is 15.8 Å². The summed E-state index contributed by atoms with van der Waals surface area (Å²) in [7, 11) is 0. The van der Waals surface area contributed by atoms with Crippen molar-refractivity contribution < 1.29 is 9.50 Å². The molecule has 1 heterocycles. The minimum Gasteiger partial charge on any atom is -0.388 e. The first-order chi connectivity index (χ1) is 7.22. The number of hydrogen-bond acceptors (Lipinski definition) is 2. The molecule has 0 spiro atoms. The van der Waals surface area contributed by atoms with Crippen LogP contribution >= 0.6 is 0 Å². The lowest BCUT2D eigenvalue weighted by Gasteiger charge is -2.10. The van der Waals surface area contributed by atoms with Gasteiger partial charge in [-0.3, -0.25) is 0 Å². The third-order valence-electron chi connectivity index (χ3n) is 2.47. The van der Waals surface area contributed by atoms with Gasteiger partial charge in [-0.2, -0.15) is 0 Å². The third-order valence-corrected chi connectivity index (χ3v) is 2.47. The fourth-order valence-electron chi connectivity index (χ4n) is 1.66. The van der Waals surface area contributed by atoms with Crippen LogP contribution in [-0.4, -0.2) is 16.6 Å². The monoisotopic (exact) mass is 208 g/mol. The van der Waals surface area contributed by atoms with Crippen LogP contribution in [-0.2, 0) is 0 Å². The second kappa shape index (κ2) is 4.00. The summed E-state index contributed by atoms with van der Waals surface area (Å²) >= 11 is 0. The molecular weight excluding hydrogens is 195 g/mol. The summed E-state index contributed by atoms with van der Waals surface area (Å²) in [6, 6.07) is 4.84. The molecule has 0 aliphatic rings. The lowest BCUT2D eigenvalue weighted by atomic mass is 10.0. The van der Waals surface area contributed by atoms with Crippen molar-refractivity contribution in [2.45, 2.75) is 12.5 Å². The van der Waals surface area contributed by atoms with Gasteiger partial charge in [0.2, 0.25) is 0 Å². The van der Waals surface area contributed by atoms with Gasteiger partial charge in [-0.1, -0.05) is 0 Å². The fraction of sp³-hybridized carbons (Fsp3) is 0.273. The van der Waals surface area contributed by atoms with Gasteiger partial charge in [0.15, 0.2) is 0 Å². The number of halogens is 1. The van der Waals surface area contributed by atoms with Crippen LogP contribution in [0.5, 0.6) is 0 Å². The molecule has 0 bridgehead atoms. The molecule has 1 unspecified atom stereocenters. The lowest BCUT2D eigenvalue weighted by molar-refractivity contribution is 0.166. The smallest absolute Gasteiger partial charge is 0.129 e. The standard InChI is InChI=1S/C11H13FN2O/c12-9-5-7-2-4-14-10(7)6-8(9)11(15)1-3-13/h2,4-6,11,14-15H,1,3,13H2. The minimum atomic E-state index is -0.831. The van der Waals surface area contributed by atoms with Crippen LogP contribution < -0.4 is 5.73 Å². The van der Waals surface area contributed by atoms with E-state index in [9.17, 15) is 9.50 Å².